The Morgan fingerprint density at radius 1 is 1.19 bits per heavy atom. The second-order valence-corrected chi connectivity index (χ2v) is 3.99. The van der Waals surface area contributed by atoms with E-state index >= 15 is 0 Å². The zero-order valence-electron chi connectivity index (χ0n) is 8.71. The van der Waals surface area contributed by atoms with Crippen molar-refractivity contribution in [1.82, 2.24) is 9.97 Å². The third-order valence-electron chi connectivity index (χ3n) is 2.04. The maximum atomic E-state index is 8.61. The van der Waals surface area contributed by atoms with E-state index < -0.39 is 0 Å². The second-order valence-electron chi connectivity index (χ2n) is 3.24. The van der Waals surface area contributed by atoms with Crippen molar-refractivity contribution >= 4 is 11.8 Å². The van der Waals surface area contributed by atoms with Gasteiger partial charge < -0.3 is 0 Å². The van der Waals surface area contributed by atoms with Gasteiger partial charge in [-0.05, 0) is 13.0 Å². The van der Waals surface area contributed by atoms with Crippen molar-refractivity contribution < 1.29 is 0 Å². The number of aromatic nitrogens is 2. The number of hydrogen-bond donors (Lipinski definition) is 0. The van der Waals surface area contributed by atoms with Crippen LogP contribution in [0.3, 0.4) is 0 Å². The highest BCUT2D eigenvalue weighted by molar-refractivity contribution is 8.03. The summed E-state index contributed by atoms with van der Waals surface area (Å²) >= 11 is 0.982. The molecule has 16 heavy (non-hydrogen) atoms. The molecule has 0 aliphatic heterocycles. The van der Waals surface area contributed by atoms with E-state index in [4.69, 9.17) is 5.26 Å². The first-order chi connectivity index (χ1) is 7.79. The van der Waals surface area contributed by atoms with Gasteiger partial charge in [0, 0.05) is 23.0 Å². The van der Waals surface area contributed by atoms with Gasteiger partial charge in [0.05, 0.1) is 5.69 Å². The molecule has 0 saturated heterocycles. The Labute approximate surface area is 98.2 Å². The van der Waals surface area contributed by atoms with Crippen molar-refractivity contribution in [3.05, 3.63) is 42.1 Å². The van der Waals surface area contributed by atoms with E-state index in [1.807, 2.05) is 48.7 Å². The van der Waals surface area contributed by atoms with E-state index in [1.54, 1.807) is 0 Å². The predicted octanol–water partition coefficient (Wildman–Crippen LogP) is 3.03. The molecule has 2 rings (SSSR count). The van der Waals surface area contributed by atoms with Gasteiger partial charge in [0.15, 0.2) is 0 Å². The second kappa shape index (κ2) is 4.77. The Bertz CT molecular complexity index is 532. The number of hydrogen-bond acceptors (Lipinski definition) is 4. The van der Waals surface area contributed by atoms with Crippen molar-refractivity contribution in [2.75, 3.05) is 0 Å². The van der Waals surface area contributed by atoms with Crippen LogP contribution in [0.5, 0.6) is 0 Å². The summed E-state index contributed by atoms with van der Waals surface area (Å²) in [6, 6.07) is 11.8. The lowest BCUT2D eigenvalue weighted by Crippen LogP contribution is -1.92. The van der Waals surface area contributed by atoms with Gasteiger partial charge in [-0.3, -0.25) is 0 Å². The molecule has 1 aromatic carbocycles. The molecule has 0 aliphatic rings. The average molecular weight is 227 g/mol. The number of thiocyanates is 1. The summed E-state index contributed by atoms with van der Waals surface area (Å²) in [7, 11) is 0. The molecule has 1 heterocycles. The third-order valence-corrected chi connectivity index (χ3v) is 2.50. The van der Waals surface area contributed by atoms with Crippen molar-refractivity contribution in [3.63, 3.8) is 0 Å². The van der Waals surface area contributed by atoms with Crippen LogP contribution in [0.15, 0.2) is 41.6 Å². The molecule has 2 aromatic rings. The predicted molar refractivity (Wildman–Crippen MR) is 63.7 cm³/mol. The zero-order chi connectivity index (χ0) is 11.4. The van der Waals surface area contributed by atoms with E-state index in [-0.39, 0.29) is 0 Å². The summed E-state index contributed by atoms with van der Waals surface area (Å²) in [5.74, 6) is 0. The molecule has 0 bridgehead atoms. The van der Waals surface area contributed by atoms with E-state index in [0.717, 1.165) is 28.7 Å². The highest BCUT2D eigenvalue weighted by Crippen LogP contribution is 2.20. The maximum Gasteiger partial charge on any atom is 0.203 e. The van der Waals surface area contributed by atoms with Crippen LogP contribution in [0.4, 0.5) is 0 Å². The first kappa shape index (κ1) is 10.7. The summed E-state index contributed by atoms with van der Waals surface area (Å²) < 4.78 is 0. The van der Waals surface area contributed by atoms with Crippen molar-refractivity contribution in [1.29, 1.82) is 5.26 Å². The van der Waals surface area contributed by atoms with Gasteiger partial charge in [0.1, 0.15) is 5.40 Å². The van der Waals surface area contributed by atoms with Crippen LogP contribution >= 0.6 is 11.8 Å². The highest BCUT2D eigenvalue weighted by Gasteiger charge is 2.04. The molecule has 1 aromatic heterocycles. The molecule has 3 nitrogen and oxygen atoms in total. The van der Waals surface area contributed by atoms with Crippen LogP contribution < -0.4 is 0 Å². The van der Waals surface area contributed by atoms with Gasteiger partial charge in [-0.15, -0.1) is 0 Å². The fourth-order valence-corrected chi connectivity index (χ4v) is 1.80. The van der Waals surface area contributed by atoms with E-state index in [2.05, 4.69) is 9.97 Å². The van der Waals surface area contributed by atoms with Gasteiger partial charge in [-0.25, -0.2) is 9.97 Å². The largest absolute Gasteiger partial charge is 0.227 e. The van der Waals surface area contributed by atoms with Gasteiger partial charge >= 0.3 is 0 Å². The maximum absolute atomic E-state index is 8.61. The average Bonchev–Trinajstić information content (AvgIpc) is 2.30. The molecular formula is C12H9N3S. The lowest BCUT2D eigenvalue weighted by atomic mass is 10.1. The van der Waals surface area contributed by atoms with Crippen LogP contribution in [0.2, 0.25) is 0 Å². The lowest BCUT2D eigenvalue weighted by Gasteiger charge is -2.03. The molecule has 0 spiro atoms. The fraction of sp³-hybridized carbons (Fsp3) is 0.0833. The number of thioether (sulfide) groups is 1. The smallest absolute Gasteiger partial charge is 0.203 e. The normalized spacial score (nSPS) is 9.75. The summed E-state index contributed by atoms with van der Waals surface area (Å²) in [4.78, 5) is 8.50. The minimum Gasteiger partial charge on any atom is -0.227 e. The van der Waals surface area contributed by atoms with Crippen molar-refractivity contribution in [2.45, 2.75) is 12.1 Å². The monoisotopic (exact) mass is 227 g/mol. The van der Waals surface area contributed by atoms with Gasteiger partial charge in [-0.1, -0.05) is 30.3 Å². The molecule has 0 unspecified atom stereocenters. The van der Waals surface area contributed by atoms with E-state index in [9.17, 15) is 0 Å². The number of rotatable bonds is 2. The fourth-order valence-electron chi connectivity index (χ4n) is 1.38. The lowest BCUT2D eigenvalue weighted by molar-refractivity contribution is 0.942. The summed E-state index contributed by atoms with van der Waals surface area (Å²) in [6.07, 6.45) is 0. The summed E-state index contributed by atoms with van der Waals surface area (Å²) in [5.41, 5.74) is 2.75. The number of nitriles is 1. The standard InChI is InChI=1S/C12H9N3S/c1-9-7-11(10-5-3-2-4-6-10)15-12(14-9)16-8-13/h2-7H,1H3. The Morgan fingerprint density at radius 3 is 2.62 bits per heavy atom. The van der Waals surface area contributed by atoms with Crippen molar-refractivity contribution in [2.24, 2.45) is 0 Å². The summed E-state index contributed by atoms with van der Waals surface area (Å²) in [6.45, 7) is 1.90. The quantitative estimate of drug-likeness (QED) is 0.449. The minimum absolute atomic E-state index is 0.501. The molecule has 0 atom stereocenters. The SMILES string of the molecule is Cc1cc(-c2ccccc2)nc(SC#N)n1. The molecule has 0 N–H and O–H groups in total. The van der Waals surface area contributed by atoms with E-state index in [0.29, 0.717) is 5.16 Å². The Balaban J connectivity index is 2.46. The van der Waals surface area contributed by atoms with Gasteiger partial charge in [0.25, 0.3) is 0 Å². The zero-order valence-corrected chi connectivity index (χ0v) is 9.53. The van der Waals surface area contributed by atoms with Gasteiger partial charge in [-0.2, -0.15) is 5.26 Å². The first-order valence-electron chi connectivity index (χ1n) is 4.76. The molecule has 0 fully saturated rings. The Hall–Kier alpha value is -1.86. The third kappa shape index (κ3) is 2.38. The molecule has 0 radical (unpaired) electrons. The highest BCUT2D eigenvalue weighted by atomic mass is 32.2. The molecule has 0 aliphatic carbocycles. The first-order valence-corrected chi connectivity index (χ1v) is 5.58. The number of benzene rings is 1. The molecule has 0 amide bonds. The molecule has 0 saturated carbocycles. The molecule has 78 valence electrons. The van der Waals surface area contributed by atoms with Crippen LogP contribution in [-0.2, 0) is 0 Å². The molecular weight excluding hydrogens is 218 g/mol. The van der Waals surface area contributed by atoms with E-state index in [1.165, 1.54) is 0 Å². The summed E-state index contributed by atoms with van der Waals surface area (Å²) in [5, 5.41) is 11.1. The van der Waals surface area contributed by atoms with Gasteiger partial charge in [0.2, 0.25) is 5.16 Å². The van der Waals surface area contributed by atoms with Crippen LogP contribution in [0, 0.1) is 17.6 Å². The number of aryl methyl sites for hydroxylation is 1. The van der Waals surface area contributed by atoms with Crippen molar-refractivity contribution in [3.8, 4) is 16.7 Å². The number of nitrogens with zero attached hydrogens (tertiary/aromatic N) is 3. The van der Waals surface area contributed by atoms with Crippen LogP contribution in [0.25, 0.3) is 11.3 Å². The van der Waals surface area contributed by atoms with Crippen LogP contribution in [0.1, 0.15) is 5.69 Å². The molecule has 4 heteroatoms. The Kier molecular flexibility index (Phi) is 3.18. The van der Waals surface area contributed by atoms with Crippen LogP contribution in [-0.4, -0.2) is 9.97 Å². The Morgan fingerprint density at radius 2 is 1.94 bits per heavy atom. The minimum atomic E-state index is 0.501. The topological polar surface area (TPSA) is 49.6 Å².